The molecule has 1 rings (SSSR count). The number of hydrogen-bond donors (Lipinski definition) is 1. The van der Waals surface area contributed by atoms with Crippen molar-refractivity contribution in [3.8, 4) is 0 Å². The Kier molecular flexibility index (Phi) is 7.56. The van der Waals surface area contributed by atoms with E-state index in [1.54, 1.807) is 6.08 Å². The van der Waals surface area contributed by atoms with Gasteiger partial charge >= 0.3 is 0 Å². The Hall–Kier alpha value is -0.383. The number of rotatable bonds is 7. The first kappa shape index (κ1) is 19.7. The number of aliphatic hydroxyl groups is 1. The van der Waals surface area contributed by atoms with E-state index in [2.05, 4.69) is 40.4 Å². The van der Waals surface area contributed by atoms with Gasteiger partial charge in [0.1, 0.15) is 0 Å². The van der Waals surface area contributed by atoms with Crippen LogP contribution in [0.3, 0.4) is 0 Å². The molecule has 1 aliphatic carbocycles. The largest absolute Gasteiger partial charge is 0.411 e. The average molecular weight is 325 g/mol. The third-order valence-corrected chi connectivity index (χ3v) is 9.85. The van der Waals surface area contributed by atoms with E-state index in [4.69, 9.17) is 4.43 Å². The summed E-state index contributed by atoms with van der Waals surface area (Å²) in [6.45, 7) is 15.1. The monoisotopic (exact) mass is 324 g/mol. The molecule has 0 aliphatic heterocycles. The van der Waals surface area contributed by atoms with E-state index in [1.807, 2.05) is 12.2 Å². The van der Waals surface area contributed by atoms with Gasteiger partial charge in [-0.2, -0.15) is 0 Å². The van der Waals surface area contributed by atoms with E-state index >= 15 is 0 Å². The normalized spacial score (nSPS) is 21.0. The minimum Gasteiger partial charge on any atom is -0.411 e. The Morgan fingerprint density at radius 2 is 1.82 bits per heavy atom. The van der Waals surface area contributed by atoms with Crippen LogP contribution in [0.1, 0.15) is 59.3 Å². The minimum atomic E-state index is -1.87. The molecule has 0 bridgehead atoms. The summed E-state index contributed by atoms with van der Waals surface area (Å²) in [4.78, 5) is 0. The Morgan fingerprint density at radius 1 is 1.23 bits per heavy atom. The lowest BCUT2D eigenvalue weighted by Crippen LogP contribution is -2.49. The highest BCUT2D eigenvalue weighted by molar-refractivity contribution is 6.74. The number of hydrogen-bond acceptors (Lipinski definition) is 2. The topological polar surface area (TPSA) is 29.5 Å². The van der Waals surface area contributed by atoms with Gasteiger partial charge in [-0.25, -0.2) is 0 Å². The highest BCUT2D eigenvalue weighted by Gasteiger charge is 2.42. The zero-order chi connectivity index (χ0) is 16.8. The second-order valence-corrected chi connectivity index (χ2v) is 13.0. The van der Waals surface area contributed by atoms with Gasteiger partial charge in [0.2, 0.25) is 0 Å². The van der Waals surface area contributed by atoms with Gasteiger partial charge in [0, 0.05) is 0 Å². The molecule has 2 atom stereocenters. The Bertz CT molecular complexity index is 362. The molecule has 0 aromatic heterocycles. The van der Waals surface area contributed by atoms with Crippen LogP contribution in [0, 0.1) is 5.92 Å². The molecule has 2 nitrogen and oxygen atoms in total. The van der Waals surface area contributed by atoms with Crippen LogP contribution in [0.25, 0.3) is 0 Å². The molecule has 1 saturated carbocycles. The summed E-state index contributed by atoms with van der Waals surface area (Å²) in [6, 6.07) is 0. The average Bonchev–Trinajstić information content (AvgIpc) is 2.44. The molecule has 0 spiro atoms. The maximum Gasteiger partial charge on any atom is 0.192 e. The molecule has 0 aromatic rings. The summed E-state index contributed by atoms with van der Waals surface area (Å²) in [5.74, 6) is 0.509. The second kappa shape index (κ2) is 8.46. The first-order valence-corrected chi connectivity index (χ1v) is 11.7. The van der Waals surface area contributed by atoms with Crippen molar-refractivity contribution in [1.29, 1.82) is 0 Å². The third-order valence-electron chi connectivity index (χ3n) is 5.38. The molecular weight excluding hydrogens is 288 g/mol. The maximum absolute atomic E-state index is 10.7. The lowest BCUT2D eigenvalue weighted by molar-refractivity contribution is -0.0166. The highest BCUT2D eigenvalue weighted by atomic mass is 28.4. The fraction of sp³-hybridized carbons (Fsp3) is 0.789. The standard InChI is InChI=1S/C19H36O2Si/c1-7-8-10-15-17(20)18(16-13-11-9-12-14-16)21-22(5,6)19(2,3)4/h7-8,10,16-18,20H,1,9,11-15H2,2-6H3/b10-8+/t17-,18+/m0/s1. The van der Waals surface area contributed by atoms with Gasteiger partial charge in [-0.15, -0.1) is 0 Å². The molecular formula is C19H36O2Si. The summed E-state index contributed by atoms with van der Waals surface area (Å²) >= 11 is 0. The molecule has 22 heavy (non-hydrogen) atoms. The fourth-order valence-corrected chi connectivity index (χ4v) is 4.30. The van der Waals surface area contributed by atoms with Crippen LogP contribution >= 0.6 is 0 Å². The summed E-state index contributed by atoms with van der Waals surface area (Å²) in [7, 11) is -1.87. The van der Waals surface area contributed by atoms with E-state index in [-0.39, 0.29) is 11.1 Å². The van der Waals surface area contributed by atoms with Crippen LogP contribution < -0.4 is 0 Å². The molecule has 128 valence electrons. The zero-order valence-corrected chi connectivity index (χ0v) is 16.3. The fourth-order valence-electron chi connectivity index (χ4n) is 2.92. The minimum absolute atomic E-state index is 0.0179. The predicted molar refractivity (Wildman–Crippen MR) is 98.6 cm³/mol. The third kappa shape index (κ3) is 5.67. The SMILES string of the molecule is C=C/C=C/C[C@H](O)[C@H](O[Si](C)(C)C(C)(C)C)C1CCCCC1. The van der Waals surface area contributed by atoms with Gasteiger partial charge in [0.15, 0.2) is 8.32 Å². The zero-order valence-electron chi connectivity index (χ0n) is 15.3. The maximum atomic E-state index is 10.7. The first-order valence-electron chi connectivity index (χ1n) is 8.82. The summed E-state index contributed by atoms with van der Waals surface area (Å²) in [6.07, 6.45) is 12.2. The van der Waals surface area contributed by atoms with Gasteiger partial charge in [0.25, 0.3) is 0 Å². The molecule has 0 radical (unpaired) electrons. The Balaban J connectivity index is 2.85. The van der Waals surface area contributed by atoms with Gasteiger partial charge in [-0.05, 0) is 43.3 Å². The Morgan fingerprint density at radius 3 is 2.32 bits per heavy atom. The molecule has 1 aliphatic rings. The van der Waals surface area contributed by atoms with Crippen LogP contribution in [0.2, 0.25) is 18.1 Å². The van der Waals surface area contributed by atoms with Crippen LogP contribution in [0.5, 0.6) is 0 Å². The summed E-state index contributed by atoms with van der Waals surface area (Å²) < 4.78 is 6.66. The molecule has 1 fully saturated rings. The molecule has 0 heterocycles. The van der Waals surface area contributed by atoms with Crippen LogP contribution in [-0.4, -0.2) is 25.6 Å². The molecule has 0 aromatic carbocycles. The van der Waals surface area contributed by atoms with Crippen LogP contribution in [0.4, 0.5) is 0 Å². The number of aliphatic hydroxyl groups excluding tert-OH is 1. The predicted octanol–water partition coefficient (Wildman–Crippen LogP) is 5.45. The lowest BCUT2D eigenvalue weighted by Gasteiger charge is -2.43. The van der Waals surface area contributed by atoms with Gasteiger partial charge in [0.05, 0.1) is 12.2 Å². The van der Waals surface area contributed by atoms with Gasteiger partial charge < -0.3 is 9.53 Å². The van der Waals surface area contributed by atoms with E-state index < -0.39 is 14.4 Å². The quantitative estimate of drug-likeness (QED) is 0.498. The first-order chi connectivity index (χ1) is 10.2. The van der Waals surface area contributed by atoms with Gasteiger partial charge in [-0.3, -0.25) is 0 Å². The van der Waals surface area contributed by atoms with Crippen molar-refractivity contribution in [2.75, 3.05) is 0 Å². The van der Waals surface area contributed by atoms with Crippen molar-refractivity contribution in [3.05, 3.63) is 24.8 Å². The molecule has 1 N–H and O–H groups in total. The van der Waals surface area contributed by atoms with Crippen molar-refractivity contribution in [2.45, 2.75) is 89.6 Å². The van der Waals surface area contributed by atoms with Crippen LogP contribution in [-0.2, 0) is 4.43 Å². The lowest BCUT2D eigenvalue weighted by atomic mass is 9.83. The Labute approximate surface area is 138 Å². The van der Waals surface area contributed by atoms with E-state index in [0.717, 1.165) is 0 Å². The van der Waals surface area contributed by atoms with E-state index in [9.17, 15) is 5.11 Å². The van der Waals surface area contributed by atoms with E-state index in [0.29, 0.717) is 12.3 Å². The second-order valence-electron chi connectivity index (χ2n) is 8.21. The summed E-state index contributed by atoms with van der Waals surface area (Å²) in [5, 5.41) is 10.9. The molecule has 3 heteroatoms. The molecule has 0 saturated heterocycles. The molecule has 0 amide bonds. The van der Waals surface area contributed by atoms with Crippen molar-refractivity contribution in [2.24, 2.45) is 5.92 Å². The molecule has 0 unspecified atom stereocenters. The number of allylic oxidation sites excluding steroid dienone is 2. The smallest absolute Gasteiger partial charge is 0.192 e. The highest BCUT2D eigenvalue weighted by Crippen LogP contribution is 2.40. The van der Waals surface area contributed by atoms with Crippen LogP contribution in [0.15, 0.2) is 24.8 Å². The van der Waals surface area contributed by atoms with Crippen molar-refractivity contribution in [3.63, 3.8) is 0 Å². The van der Waals surface area contributed by atoms with Crippen molar-refractivity contribution >= 4 is 8.32 Å². The van der Waals surface area contributed by atoms with Crippen molar-refractivity contribution < 1.29 is 9.53 Å². The van der Waals surface area contributed by atoms with E-state index in [1.165, 1.54) is 32.1 Å². The van der Waals surface area contributed by atoms with Gasteiger partial charge in [-0.1, -0.05) is 64.8 Å². The van der Waals surface area contributed by atoms with Crippen molar-refractivity contribution in [1.82, 2.24) is 0 Å². The summed E-state index contributed by atoms with van der Waals surface area (Å²) in [5.41, 5.74) is 0.